The Balaban J connectivity index is 0. The Morgan fingerprint density at radius 3 is 2.15 bits per heavy atom. The number of rotatable bonds is 4. The minimum Gasteiger partial charge on any atom is -0.491 e. The molecule has 0 unspecified atom stereocenters. The summed E-state index contributed by atoms with van der Waals surface area (Å²) in [6.07, 6.45) is 1.11. The second-order valence-corrected chi connectivity index (χ2v) is 2.09. The summed E-state index contributed by atoms with van der Waals surface area (Å²) in [5.41, 5.74) is 0.573. The zero-order chi connectivity index (χ0) is 10.9. The molecule has 0 aliphatic carbocycles. The van der Waals surface area contributed by atoms with E-state index in [0.29, 0.717) is 12.2 Å². The van der Waals surface area contributed by atoms with Gasteiger partial charge in [0.1, 0.15) is 0 Å². The van der Waals surface area contributed by atoms with E-state index in [9.17, 15) is 4.39 Å². The molecule has 0 aromatic carbocycles. The average molecular weight is 186 g/mol. The van der Waals surface area contributed by atoms with Gasteiger partial charge in [0.2, 0.25) is 0 Å². The van der Waals surface area contributed by atoms with E-state index in [1.54, 1.807) is 13.8 Å². The van der Waals surface area contributed by atoms with Gasteiger partial charge in [-0.3, -0.25) is 0 Å². The first-order valence-electron chi connectivity index (χ1n) is 4.44. The van der Waals surface area contributed by atoms with Crippen molar-refractivity contribution in [1.82, 2.24) is 0 Å². The van der Waals surface area contributed by atoms with Crippen molar-refractivity contribution in [2.45, 2.75) is 27.7 Å². The molecule has 0 heterocycles. The maximum absolute atomic E-state index is 12.8. The van der Waals surface area contributed by atoms with Crippen molar-refractivity contribution in [1.29, 1.82) is 0 Å². The Hall–Kier alpha value is -1.05. The van der Waals surface area contributed by atoms with Crippen LogP contribution in [0.4, 0.5) is 4.39 Å². The molecule has 0 radical (unpaired) electrons. The zero-order valence-corrected chi connectivity index (χ0v) is 8.98. The summed E-state index contributed by atoms with van der Waals surface area (Å²) in [7, 11) is 0. The monoisotopic (exact) mass is 186 g/mol. The quantitative estimate of drug-likeness (QED) is 0.476. The van der Waals surface area contributed by atoms with E-state index in [2.05, 4.69) is 13.2 Å². The summed E-state index contributed by atoms with van der Waals surface area (Å²) in [5, 5.41) is 0. The fourth-order valence-electron chi connectivity index (χ4n) is 0.633. The maximum Gasteiger partial charge on any atom is 0.164 e. The summed E-state index contributed by atoms with van der Waals surface area (Å²) < 4.78 is 17.8. The molecule has 2 heteroatoms. The highest BCUT2D eigenvalue weighted by Gasteiger charge is 2.04. The molecule has 0 aromatic rings. The second kappa shape index (κ2) is 9.04. The van der Waals surface area contributed by atoms with Crippen LogP contribution in [0, 0.1) is 0 Å². The number of hydrogen-bond acceptors (Lipinski definition) is 1. The Morgan fingerprint density at radius 1 is 1.46 bits per heavy atom. The molecule has 0 N–H and O–H groups in total. The molecule has 13 heavy (non-hydrogen) atoms. The fraction of sp³-hybridized carbons (Fsp3) is 0.455. The van der Waals surface area contributed by atoms with Crippen LogP contribution < -0.4 is 0 Å². The summed E-state index contributed by atoms with van der Waals surface area (Å²) >= 11 is 0. The molecule has 0 amide bonds. The van der Waals surface area contributed by atoms with E-state index in [1.165, 1.54) is 0 Å². The fourth-order valence-corrected chi connectivity index (χ4v) is 0.633. The Morgan fingerprint density at radius 2 is 1.92 bits per heavy atom. The van der Waals surface area contributed by atoms with Gasteiger partial charge in [-0.2, -0.15) is 0 Å². The normalized spacial score (nSPS) is 10.5. The molecular formula is C11H19FO. The van der Waals surface area contributed by atoms with Crippen LogP contribution in [-0.4, -0.2) is 6.61 Å². The van der Waals surface area contributed by atoms with Crippen LogP contribution in [-0.2, 0) is 4.74 Å². The largest absolute Gasteiger partial charge is 0.491 e. The van der Waals surface area contributed by atoms with E-state index >= 15 is 0 Å². The van der Waals surface area contributed by atoms with Crippen molar-refractivity contribution in [3.63, 3.8) is 0 Å². The topological polar surface area (TPSA) is 9.23 Å². The maximum atomic E-state index is 12.8. The molecule has 0 spiro atoms. The van der Waals surface area contributed by atoms with Gasteiger partial charge in [-0.25, -0.2) is 4.39 Å². The van der Waals surface area contributed by atoms with Crippen LogP contribution in [0.1, 0.15) is 27.7 Å². The van der Waals surface area contributed by atoms with Crippen molar-refractivity contribution in [2.75, 3.05) is 6.61 Å². The van der Waals surface area contributed by atoms with Gasteiger partial charge in [-0.15, -0.1) is 0 Å². The number of ether oxygens (including phenoxy) is 1. The number of allylic oxidation sites excluding steroid dienone is 3. The molecule has 0 bridgehead atoms. The predicted octanol–water partition coefficient (Wildman–Crippen LogP) is 3.99. The highest BCUT2D eigenvalue weighted by Crippen LogP contribution is 2.15. The van der Waals surface area contributed by atoms with Crippen molar-refractivity contribution in [3.05, 3.63) is 36.4 Å². The number of halogens is 1. The van der Waals surface area contributed by atoms with Crippen LogP contribution in [0.2, 0.25) is 0 Å². The van der Waals surface area contributed by atoms with Crippen molar-refractivity contribution in [3.8, 4) is 0 Å². The van der Waals surface area contributed by atoms with Gasteiger partial charge in [0.25, 0.3) is 0 Å². The molecule has 1 nitrogen and oxygen atoms in total. The van der Waals surface area contributed by atoms with Crippen molar-refractivity contribution < 1.29 is 9.13 Å². The van der Waals surface area contributed by atoms with Crippen LogP contribution in [0.5, 0.6) is 0 Å². The molecule has 0 saturated carbocycles. The van der Waals surface area contributed by atoms with E-state index in [1.807, 2.05) is 13.8 Å². The Bertz CT molecular complexity index is 192. The van der Waals surface area contributed by atoms with E-state index < -0.39 is 5.83 Å². The standard InChI is InChI=1S/C9H13FO.C2H6/c1-5-8(10)9(7(3)4)11-6-2;1-2/h5H,1,3,6H2,2,4H3;1-2H3/b9-8-;. The first kappa shape index (κ1) is 14.5. The third-order valence-corrected chi connectivity index (χ3v) is 1.07. The SMILES string of the molecule is C=C/C(F)=C(/OCC)C(=C)C.CC. The molecule has 0 aliphatic heterocycles. The van der Waals surface area contributed by atoms with Crippen molar-refractivity contribution in [2.24, 2.45) is 0 Å². The van der Waals surface area contributed by atoms with E-state index in [-0.39, 0.29) is 5.76 Å². The Labute approximate surface area is 80.6 Å². The van der Waals surface area contributed by atoms with Gasteiger partial charge in [-0.05, 0) is 25.5 Å². The number of hydrogen-bond donors (Lipinski definition) is 0. The van der Waals surface area contributed by atoms with Gasteiger partial charge >= 0.3 is 0 Å². The molecule has 0 aliphatic rings. The van der Waals surface area contributed by atoms with Gasteiger partial charge in [-0.1, -0.05) is 27.0 Å². The first-order valence-corrected chi connectivity index (χ1v) is 4.44. The van der Waals surface area contributed by atoms with E-state index in [0.717, 1.165) is 6.08 Å². The first-order chi connectivity index (χ1) is 6.13. The molecule has 0 fully saturated rings. The average Bonchev–Trinajstić information content (AvgIpc) is 2.15. The highest BCUT2D eigenvalue weighted by molar-refractivity contribution is 5.28. The smallest absolute Gasteiger partial charge is 0.164 e. The predicted molar refractivity (Wildman–Crippen MR) is 56.1 cm³/mol. The summed E-state index contributed by atoms with van der Waals surface area (Å²) in [5.74, 6) is -0.262. The van der Waals surface area contributed by atoms with Gasteiger partial charge in [0.05, 0.1) is 6.61 Å². The lowest BCUT2D eigenvalue weighted by Crippen LogP contribution is -1.94. The van der Waals surface area contributed by atoms with Crippen LogP contribution in [0.25, 0.3) is 0 Å². The molecule has 0 rings (SSSR count). The third-order valence-electron chi connectivity index (χ3n) is 1.07. The second-order valence-electron chi connectivity index (χ2n) is 2.09. The lowest BCUT2D eigenvalue weighted by Gasteiger charge is -2.07. The minimum absolute atomic E-state index is 0.197. The molecule has 0 atom stereocenters. The zero-order valence-electron chi connectivity index (χ0n) is 8.98. The van der Waals surface area contributed by atoms with Crippen molar-refractivity contribution >= 4 is 0 Å². The van der Waals surface area contributed by atoms with Gasteiger partial charge in [0, 0.05) is 0 Å². The summed E-state index contributed by atoms with van der Waals surface area (Å²) in [6, 6.07) is 0. The minimum atomic E-state index is -0.459. The molecule has 76 valence electrons. The molecule has 0 aromatic heterocycles. The van der Waals surface area contributed by atoms with Crippen LogP contribution in [0.15, 0.2) is 36.4 Å². The summed E-state index contributed by atoms with van der Waals surface area (Å²) in [6.45, 7) is 14.8. The Kier molecular flexibility index (Phi) is 10.1. The highest BCUT2D eigenvalue weighted by atomic mass is 19.1. The van der Waals surface area contributed by atoms with Gasteiger partial charge < -0.3 is 4.74 Å². The lowest BCUT2D eigenvalue weighted by molar-refractivity contribution is 0.228. The summed E-state index contributed by atoms with van der Waals surface area (Å²) in [4.78, 5) is 0. The molecule has 0 saturated heterocycles. The van der Waals surface area contributed by atoms with Crippen LogP contribution in [0.3, 0.4) is 0 Å². The third kappa shape index (κ3) is 6.14. The lowest BCUT2D eigenvalue weighted by atomic mass is 10.2. The van der Waals surface area contributed by atoms with Crippen LogP contribution >= 0.6 is 0 Å². The van der Waals surface area contributed by atoms with Gasteiger partial charge in [0.15, 0.2) is 11.6 Å². The van der Waals surface area contributed by atoms with E-state index in [4.69, 9.17) is 4.74 Å². The molecular weight excluding hydrogens is 167 g/mol.